The van der Waals surface area contributed by atoms with Gasteiger partial charge >= 0.3 is 0 Å². The normalized spacial score (nSPS) is 12.0. The minimum atomic E-state index is -2.51. The van der Waals surface area contributed by atoms with Gasteiger partial charge in [0.05, 0.1) is 45.5 Å². The quantitative estimate of drug-likeness (QED) is 0.336. The summed E-state index contributed by atoms with van der Waals surface area (Å²) in [4.78, 5) is 22.2. The molecule has 0 aliphatic rings. The molecule has 0 radical (unpaired) electrons. The SMILES string of the molecule is CCOc1cccc(-c2nc3nc(Cl)c(CNS(=O)[O-])nc3n2-c2c(OC)cncc2OC)n1. The lowest BCUT2D eigenvalue weighted by atomic mass is 10.3. The van der Waals surface area contributed by atoms with E-state index in [2.05, 4.69) is 29.6 Å². The van der Waals surface area contributed by atoms with Crippen LogP contribution in [0, 0.1) is 0 Å². The highest BCUT2D eigenvalue weighted by molar-refractivity contribution is 7.77. The van der Waals surface area contributed by atoms with Crippen LogP contribution >= 0.6 is 11.6 Å². The maximum Gasteiger partial charge on any atom is 0.213 e. The highest BCUT2D eigenvalue weighted by atomic mass is 35.5. The number of nitrogens with one attached hydrogen (secondary N) is 1. The number of aromatic nitrogens is 6. The Hall–Kier alpha value is -3.39. The molecular formula is C20H19ClN7O5S-. The third-order valence-electron chi connectivity index (χ3n) is 4.63. The Morgan fingerprint density at radius 2 is 1.85 bits per heavy atom. The number of pyridine rings is 2. The maximum absolute atomic E-state index is 11.0. The van der Waals surface area contributed by atoms with Crippen LogP contribution in [-0.2, 0) is 17.8 Å². The van der Waals surface area contributed by atoms with Gasteiger partial charge < -0.3 is 18.8 Å². The molecule has 0 amide bonds. The molecule has 4 rings (SSSR count). The summed E-state index contributed by atoms with van der Waals surface area (Å²) in [5.41, 5.74) is 1.59. The number of nitrogens with zero attached hydrogens (tertiary/aromatic N) is 6. The van der Waals surface area contributed by atoms with Gasteiger partial charge in [-0.3, -0.25) is 13.8 Å². The van der Waals surface area contributed by atoms with Crippen LogP contribution in [0.4, 0.5) is 0 Å². The molecule has 0 bridgehead atoms. The lowest BCUT2D eigenvalue weighted by molar-refractivity contribution is 0.327. The Labute approximate surface area is 201 Å². The molecule has 0 spiro atoms. The van der Waals surface area contributed by atoms with Gasteiger partial charge in [-0.1, -0.05) is 17.7 Å². The number of hydrogen-bond donors (Lipinski definition) is 1. The van der Waals surface area contributed by atoms with E-state index in [1.165, 1.54) is 26.6 Å². The topological polar surface area (TPSA) is 149 Å². The Bertz CT molecular complexity index is 1340. The molecular weight excluding hydrogens is 486 g/mol. The lowest BCUT2D eigenvalue weighted by Gasteiger charge is -2.16. The first kappa shape index (κ1) is 23.8. The molecule has 1 atom stereocenters. The van der Waals surface area contributed by atoms with Gasteiger partial charge in [0, 0.05) is 17.3 Å². The standard InChI is InChI=1S/C20H20ClN7O5S/c1-4-33-15-7-5-6-11(24-15)19-27-18-20(25-12(17(21)26-18)8-23-34(29)30)28(19)16-13(31-2)9-22-10-14(16)32-3/h5-7,9-10,23H,4,8H2,1-3H3,(H,29,30)/p-1. The van der Waals surface area contributed by atoms with E-state index in [1.54, 1.807) is 22.8 Å². The number of fused-ring (bicyclic) bond motifs is 1. The number of methoxy groups -OCH3 is 2. The first-order valence-corrected chi connectivity index (χ1v) is 11.4. The van der Waals surface area contributed by atoms with Crippen LogP contribution in [0.3, 0.4) is 0 Å². The fraction of sp³-hybridized carbons (Fsp3) is 0.250. The second-order valence-corrected chi connectivity index (χ2v) is 7.74. The van der Waals surface area contributed by atoms with E-state index in [-0.39, 0.29) is 28.7 Å². The minimum absolute atomic E-state index is 0.00587. The molecule has 0 aliphatic carbocycles. The average molecular weight is 505 g/mol. The van der Waals surface area contributed by atoms with Gasteiger partial charge in [-0.05, 0) is 13.0 Å². The van der Waals surface area contributed by atoms with Gasteiger partial charge in [0.2, 0.25) is 5.88 Å². The van der Waals surface area contributed by atoms with Gasteiger partial charge in [0.15, 0.2) is 33.8 Å². The molecule has 14 heteroatoms. The monoisotopic (exact) mass is 504 g/mol. The third-order valence-corrected chi connectivity index (χ3v) is 5.32. The van der Waals surface area contributed by atoms with Crippen LogP contribution in [0.15, 0.2) is 30.6 Å². The van der Waals surface area contributed by atoms with Crippen LogP contribution in [0.5, 0.6) is 17.4 Å². The average Bonchev–Trinajstić information content (AvgIpc) is 3.19. The highest BCUT2D eigenvalue weighted by Gasteiger charge is 2.25. The molecule has 0 fully saturated rings. The second kappa shape index (κ2) is 10.3. The van der Waals surface area contributed by atoms with Gasteiger partial charge in [-0.25, -0.2) is 24.7 Å². The molecule has 0 aliphatic heterocycles. The van der Waals surface area contributed by atoms with Crippen LogP contribution < -0.4 is 18.9 Å². The molecule has 0 saturated heterocycles. The minimum Gasteiger partial charge on any atom is -0.760 e. The maximum atomic E-state index is 11.0. The van der Waals surface area contributed by atoms with E-state index in [0.717, 1.165) is 0 Å². The molecule has 4 aromatic rings. The third kappa shape index (κ3) is 4.63. The zero-order valence-electron chi connectivity index (χ0n) is 18.3. The van der Waals surface area contributed by atoms with Crippen molar-refractivity contribution in [1.82, 2.24) is 34.2 Å². The van der Waals surface area contributed by atoms with Crippen LogP contribution in [0.2, 0.25) is 5.15 Å². The highest BCUT2D eigenvalue weighted by Crippen LogP contribution is 2.37. The van der Waals surface area contributed by atoms with Crippen molar-refractivity contribution in [2.45, 2.75) is 13.5 Å². The van der Waals surface area contributed by atoms with Gasteiger partial charge in [-0.15, -0.1) is 0 Å². The predicted octanol–water partition coefficient (Wildman–Crippen LogP) is 2.23. The molecule has 1 N–H and O–H groups in total. The molecule has 178 valence electrons. The van der Waals surface area contributed by atoms with E-state index in [1.807, 2.05) is 6.92 Å². The van der Waals surface area contributed by atoms with Crippen molar-refractivity contribution in [3.63, 3.8) is 0 Å². The van der Waals surface area contributed by atoms with E-state index >= 15 is 0 Å². The number of hydrogen-bond acceptors (Lipinski definition) is 10. The smallest absolute Gasteiger partial charge is 0.213 e. The molecule has 4 heterocycles. The van der Waals surface area contributed by atoms with E-state index in [0.29, 0.717) is 41.2 Å². The van der Waals surface area contributed by atoms with Crippen LogP contribution in [0.1, 0.15) is 12.6 Å². The largest absolute Gasteiger partial charge is 0.760 e. The first-order valence-electron chi connectivity index (χ1n) is 9.91. The Morgan fingerprint density at radius 3 is 2.50 bits per heavy atom. The van der Waals surface area contributed by atoms with Crippen molar-refractivity contribution in [3.8, 4) is 34.6 Å². The number of imidazole rings is 1. The summed E-state index contributed by atoms with van der Waals surface area (Å²) >= 11 is 3.76. The number of rotatable bonds is 9. The van der Waals surface area contributed by atoms with Crippen molar-refractivity contribution in [3.05, 3.63) is 41.4 Å². The summed E-state index contributed by atoms with van der Waals surface area (Å²) in [6, 6.07) is 5.27. The molecule has 4 aromatic heterocycles. The van der Waals surface area contributed by atoms with Crippen molar-refractivity contribution in [2.75, 3.05) is 20.8 Å². The van der Waals surface area contributed by atoms with Crippen molar-refractivity contribution in [1.29, 1.82) is 0 Å². The molecule has 34 heavy (non-hydrogen) atoms. The molecule has 0 aromatic carbocycles. The Morgan fingerprint density at radius 1 is 1.12 bits per heavy atom. The first-order chi connectivity index (χ1) is 16.5. The summed E-state index contributed by atoms with van der Waals surface area (Å²) in [6.07, 6.45) is 3.04. The molecule has 0 saturated carbocycles. The van der Waals surface area contributed by atoms with Crippen molar-refractivity contribution in [2.24, 2.45) is 0 Å². The summed E-state index contributed by atoms with van der Waals surface area (Å²) in [5.74, 6) is 1.51. The van der Waals surface area contributed by atoms with Crippen molar-refractivity contribution < 1.29 is 23.0 Å². The zero-order valence-corrected chi connectivity index (χ0v) is 19.9. The van der Waals surface area contributed by atoms with Crippen LogP contribution in [0.25, 0.3) is 28.5 Å². The van der Waals surface area contributed by atoms with E-state index < -0.39 is 11.3 Å². The summed E-state index contributed by atoms with van der Waals surface area (Å²) < 4.78 is 42.5. The Balaban J connectivity index is 2.05. The van der Waals surface area contributed by atoms with Gasteiger partial charge in [0.1, 0.15) is 11.4 Å². The summed E-state index contributed by atoms with van der Waals surface area (Å²) in [7, 11) is 2.99. The van der Waals surface area contributed by atoms with E-state index in [9.17, 15) is 8.76 Å². The molecule has 1 unspecified atom stereocenters. The number of halogens is 1. The Kier molecular flexibility index (Phi) is 7.17. The van der Waals surface area contributed by atoms with Crippen LogP contribution in [-0.4, -0.2) is 59.1 Å². The second-order valence-electron chi connectivity index (χ2n) is 6.62. The predicted molar refractivity (Wildman–Crippen MR) is 123 cm³/mol. The summed E-state index contributed by atoms with van der Waals surface area (Å²) in [6.45, 7) is 2.13. The van der Waals surface area contributed by atoms with Gasteiger partial charge in [0.25, 0.3) is 0 Å². The van der Waals surface area contributed by atoms with Gasteiger partial charge in [-0.2, -0.15) is 0 Å². The van der Waals surface area contributed by atoms with E-state index in [4.69, 9.17) is 25.8 Å². The fourth-order valence-corrected chi connectivity index (χ4v) is 3.68. The molecule has 12 nitrogen and oxygen atoms in total. The zero-order chi connectivity index (χ0) is 24.2. The van der Waals surface area contributed by atoms with Crippen molar-refractivity contribution >= 4 is 34.2 Å². The fourth-order valence-electron chi connectivity index (χ4n) is 3.23. The summed E-state index contributed by atoms with van der Waals surface area (Å²) in [5, 5.41) is 0.00587. The number of ether oxygens (including phenoxy) is 3. The lowest BCUT2D eigenvalue weighted by Crippen LogP contribution is -2.17.